The third kappa shape index (κ3) is 1.77. The summed E-state index contributed by atoms with van der Waals surface area (Å²) in [6, 6.07) is 18.6. The molecule has 4 rings (SSSR count). The van der Waals surface area contributed by atoms with Crippen molar-refractivity contribution in [2.45, 2.75) is 31.6 Å². The number of H-pyrrole nitrogens is 1. The van der Waals surface area contributed by atoms with Gasteiger partial charge in [-0.2, -0.15) is 0 Å². The zero-order chi connectivity index (χ0) is 15.2. The van der Waals surface area contributed by atoms with Crippen molar-refractivity contribution in [3.05, 3.63) is 81.6 Å². The summed E-state index contributed by atoms with van der Waals surface area (Å²) < 4.78 is 0. The third-order valence-corrected chi connectivity index (χ3v) is 5.19. The summed E-state index contributed by atoms with van der Waals surface area (Å²) in [5, 5.41) is 1.15. The molecule has 1 fully saturated rings. The van der Waals surface area contributed by atoms with E-state index in [1.807, 2.05) is 24.3 Å². The normalized spacial score (nSPS) is 16.4. The quantitative estimate of drug-likeness (QED) is 0.749. The highest BCUT2D eigenvalue weighted by Crippen LogP contribution is 2.49. The Morgan fingerprint density at radius 1 is 0.955 bits per heavy atom. The van der Waals surface area contributed by atoms with Gasteiger partial charge in [-0.1, -0.05) is 55.0 Å². The van der Waals surface area contributed by atoms with Crippen molar-refractivity contribution in [2.75, 3.05) is 0 Å². The van der Waals surface area contributed by atoms with Crippen molar-refractivity contribution in [3.63, 3.8) is 0 Å². The maximum atomic E-state index is 12.8. The monoisotopic (exact) mass is 289 g/mol. The minimum Gasteiger partial charge on any atom is -0.322 e. The smallest absolute Gasteiger partial charge is 0.252 e. The van der Waals surface area contributed by atoms with Gasteiger partial charge in [-0.25, -0.2) is 0 Å². The van der Waals surface area contributed by atoms with Gasteiger partial charge in [0.05, 0.1) is 0 Å². The average molecular weight is 289 g/mol. The standard InChI is InChI=1S/C20H19NO/c1-14-16-10-5-6-11-17(16)21-19(22)18(14)20(12-7-13-20)15-8-3-2-4-9-15/h2-6,8-11H,7,12-13H2,1H3,(H,21,22). The summed E-state index contributed by atoms with van der Waals surface area (Å²) in [5.74, 6) is 0. The summed E-state index contributed by atoms with van der Waals surface area (Å²) in [4.78, 5) is 15.9. The molecule has 0 radical (unpaired) electrons. The molecule has 0 unspecified atom stereocenters. The van der Waals surface area contributed by atoms with Crippen LogP contribution in [0.1, 0.15) is 36.0 Å². The predicted octanol–water partition coefficient (Wildman–Crippen LogP) is 4.31. The van der Waals surface area contributed by atoms with Gasteiger partial charge in [-0.3, -0.25) is 4.79 Å². The Labute approximate surface area is 129 Å². The van der Waals surface area contributed by atoms with E-state index in [0.29, 0.717) is 0 Å². The summed E-state index contributed by atoms with van der Waals surface area (Å²) in [6.45, 7) is 2.09. The molecule has 0 spiro atoms. The molecule has 0 aliphatic heterocycles. The van der Waals surface area contributed by atoms with Crippen LogP contribution in [0.15, 0.2) is 59.4 Å². The van der Waals surface area contributed by atoms with Crippen LogP contribution in [0.4, 0.5) is 0 Å². The van der Waals surface area contributed by atoms with Crippen LogP contribution in [-0.2, 0) is 5.41 Å². The number of aryl methyl sites for hydroxylation is 1. The van der Waals surface area contributed by atoms with Crippen molar-refractivity contribution < 1.29 is 0 Å². The summed E-state index contributed by atoms with van der Waals surface area (Å²) in [7, 11) is 0. The van der Waals surface area contributed by atoms with E-state index in [2.05, 4.69) is 42.2 Å². The molecule has 1 N–H and O–H groups in total. The molecule has 1 aromatic heterocycles. The van der Waals surface area contributed by atoms with Gasteiger partial charge in [0.15, 0.2) is 0 Å². The van der Waals surface area contributed by atoms with Crippen molar-refractivity contribution in [1.29, 1.82) is 0 Å². The van der Waals surface area contributed by atoms with Crippen molar-refractivity contribution in [2.24, 2.45) is 0 Å². The van der Waals surface area contributed by atoms with E-state index in [9.17, 15) is 4.79 Å². The van der Waals surface area contributed by atoms with E-state index < -0.39 is 0 Å². The molecule has 2 heteroatoms. The summed E-state index contributed by atoms with van der Waals surface area (Å²) in [5.41, 5.74) is 4.25. The van der Waals surface area contributed by atoms with Gasteiger partial charge in [0.1, 0.15) is 0 Å². The van der Waals surface area contributed by atoms with E-state index in [1.54, 1.807) is 0 Å². The molecule has 2 aromatic carbocycles. The van der Waals surface area contributed by atoms with Gasteiger partial charge < -0.3 is 4.98 Å². The Hall–Kier alpha value is -2.35. The second-order valence-electron chi connectivity index (χ2n) is 6.30. The van der Waals surface area contributed by atoms with Gasteiger partial charge in [0, 0.05) is 21.9 Å². The van der Waals surface area contributed by atoms with Gasteiger partial charge in [-0.05, 0) is 37.0 Å². The first-order valence-corrected chi connectivity index (χ1v) is 7.90. The van der Waals surface area contributed by atoms with Crippen molar-refractivity contribution in [1.82, 2.24) is 4.98 Å². The SMILES string of the molecule is Cc1c(C2(c3ccccc3)CCC2)c(=O)[nH]c2ccccc12. The molecule has 1 saturated carbocycles. The van der Waals surface area contributed by atoms with Gasteiger partial charge in [0.25, 0.3) is 5.56 Å². The Morgan fingerprint density at radius 2 is 1.64 bits per heavy atom. The van der Waals surface area contributed by atoms with Crippen LogP contribution in [-0.4, -0.2) is 4.98 Å². The number of benzene rings is 2. The lowest BCUT2D eigenvalue weighted by molar-refractivity contribution is 0.298. The zero-order valence-electron chi connectivity index (χ0n) is 12.7. The Bertz CT molecular complexity index is 888. The highest BCUT2D eigenvalue weighted by molar-refractivity contribution is 5.83. The number of nitrogens with one attached hydrogen (secondary N) is 1. The molecule has 0 bridgehead atoms. The lowest BCUT2D eigenvalue weighted by atomic mass is 9.60. The maximum Gasteiger partial charge on any atom is 0.252 e. The lowest BCUT2D eigenvalue weighted by Crippen LogP contribution is -2.41. The van der Waals surface area contributed by atoms with Crippen molar-refractivity contribution >= 4 is 10.9 Å². The third-order valence-electron chi connectivity index (χ3n) is 5.19. The Morgan fingerprint density at radius 3 is 2.32 bits per heavy atom. The first kappa shape index (κ1) is 13.3. The lowest BCUT2D eigenvalue weighted by Gasteiger charge is -2.43. The van der Waals surface area contributed by atoms with Crippen LogP contribution >= 0.6 is 0 Å². The molecule has 0 atom stereocenters. The Balaban J connectivity index is 2.03. The number of pyridine rings is 1. The molecule has 1 heterocycles. The van der Waals surface area contributed by atoms with Crippen LogP contribution in [0.3, 0.4) is 0 Å². The van der Waals surface area contributed by atoms with Crippen molar-refractivity contribution in [3.8, 4) is 0 Å². The van der Waals surface area contributed by atoms with E-state index in [-0.39, 0.29) is 11.0 Å². The fourth-order valence-corrected chi connectivity index (χ4v) is 3.96. The molecule has 0 amide bonds. The van der Waals surface area contributed by atoms with Crippen LogP contribution in [0.25, 0.3) is 10.9 Å². The number of fused-ring (bicyclic) bond motifs is 1. The molecular weight excluding hydrogens is 270 g/mol. The molecule has 1 aliphatic rings. The predicted molar refractivity (Wildman–Crippen MR) is 90.4 cm³/mol. The fraction of sp³-hybridized carbons (Fsp3) is 0.250. The van der Waals surface area contributed by atoms with Crippen LogP contribution < -0.4 is 5.56 Å². The summed E-state index contributed by atoms with van der Waals surface area (Å²) in [6.07, 6.45) is 3.29. The summed E-state index contributed by atoms with van der Waals surface area (Å²) >= 11 is 0. The highest BCUT2D eigenvalue weighted by Gasteiger charge is 2.43. The van der Waals surface area contributed by atoms with E-state index in [0.717, 1.165) is 34.9 Å². The molecule has 2 nitrogen and oxygen atoms in total. The zero-order valence-corrected chi connectivity index (χ0v) is 12.7. The second kappa shape index (κ2) is 4.84. The largest absolute Gasteiger partial charge is 0.322 e. The van der Waals surface area contributed by atoms with E-state index >= 15 is 0 Å². The highest BCUT2D eigenvalue weighted by atomic mass is 16.1. The minimum absolute atomic E-state index is 0.0692. The van der Waals surface area contributed by atoms with Gasteiger partial charge in [-0.15, -0.1) is 0 Å². The molecular formula is C20H19NO. The Kier molecular flexibility index (Phi) is 2.93. The average Bonchev–Trinajstić information content (AvgIpc) is 2.50. The van der Waals surface area contributed by atoms with E-state index in [4.69, 9.17) is 0 Å². The number of hydrogen-bond acceptors (Lipinski definition) is 1. The first-order valence-electron chi connectivity index (χ1n) is 7.90. The molecule has 3 aromatic rings. The van der Waals surface area contributed by atoms with Gasteiger partial charge in [0.2, 0.25) is 0 Å². The van der Waals surface area contributed by atoms with Crippen LogP contribution in [0.2, 0.25) is 0 Å². The molecule has 1 aliphatic carbocycles. The topological polar surface area (TPSA) is 32.9 Å². The van der Waals surface area contributed by atoms with E-state index in [1.165, 1.54) is 12.0 Å². The number of hydrogen-bond donors (Lipinski definition) is 1. The van der Waals surface area contributed by atoms with Crippen LogP contribution in [0, 0.1) is 6.92 Å². The molecule has 0 saturated heterocycles. The number of para-hydroxylation sites is 1. The number of rotatable bonds is 2. The fourth-order valence-electron chi connectivity index (χ4n) is 3.96. The number of aromatic nitrogens is 1. The van der Waals surface area contributed by atoms with Gasteiger partial charge >= 0.3 is 0 Å². The minimum atomic E-state index is -0.108. The first-order chi connectivity index (χ1) is 10.7. The second-order valence-corrected chi connectivity index (χ2v) is 6.30. The maximum absolute atomic E-state index is 12.8. The molecule has 22 heavy (non-hydrogen) atoms. The number of aromatic amines is 1. The van der Waals surface area contributed by atoms with Crippen LogP contribution in [0.5, 0.6) is 0 Å². The molecule has 110 valence electrons.